The second-order valence-electron chi connectivity index (χ2n) is 3.93. The van der Waals surface area contributed by atoms with Crippen molar-refractivity contribution in [2.75, 3.05) is 0 Å². The van der Waals surface area contributed by atoms with Crippen molar-refractivity contribution < 1.29 is 5.21 Å². The summed E-state index contributed by atoms with van der Waals surface area (Å²) in [5.74, 6) is 0.644. The Labute approximate surface area is 94.6 Å². The Kier molecular flexibility index (Phi) is 3.46. The van der Waals surface area contributed by atoms with E-state index in [1.165, 1.54) is 5.56 Å². The number of nitrogens with zero attached hydrogens (tertiary/aromatic N) is 3. The Morgan fingerprint density at radius 3 is 3.31 bits per heavy atom. The number of rotatable bonds is 2. The average Bonchev–Trinajstić information content (AvgIpc) is 2.35. The van der Waals surface area contributed by atoms with Crippen LogP contribution < -0.4 is 5.48 Å². The number of aromatic nitrogens is 2. The van der Waals surface area contributed by atoms with Crippen LogP contribution in [0.15, 0.2) is 17.5 Å². The van der Waals surface area contributed by atoms with Crippen molar-refractivity contribution in [1.29, 1.82) is 0 Å². The van der Waals surface area contributed by atoms with Crippen molar-refractivity contribution in [1.82, 2.24) is 15.4 Å². The van der Waals surface area contributed by atoms with Crippen molar-refractivity contribution in [3.05, 3.63) is 23.8 Å². The Balaban J connectivity index is 2.11. The van der Waals surface area contributed by atoms with E-state index < -0.39 is 0 Å². The number of nitrogens with one attached hydrogen (secondary N) is 1. The third-order valence-electron chi connectivity index (χ3n) is 2.85. The molecule has 0 saturated carbocycles. The maximum atomic E-state index is 8.85. The molecule has 5 heteroatoms. The number of hydroxylamine groups is 1. The summed E-state index contributed by atoms with van der Waals surface area (Å²) in [7, 11) is 0. The van der Waals surface area contributed by atoms with Gasteiger partial charge in [0.05, 0.1) is 6.04 Å². The number of aryl methyl sites for hydroxylation is 1. The lowest BCUT2D eigenvalue weighted by Gasteiger charge is -2.20. The van der Waals surface area contributed by atoms with E-state index in [9.17, 15) is 0 Å². The minimum absolute atomic E-state index is 0.230. The van der Waals surface area contributed by atoms with E-state index in [0.717, 1.165) is 25.0 Å². The maximum absolute atomic E-state index is 8.85. The quantitative estimate of drug-likeness (QED) is 0.445. The van der Waals surface area contributed by atoms with Crippen LogP contribution in [0.3, 0.4) is 0 Å². The Morgan fingerprint density at radius 1 is 1.69 bits per heavy atom. The Bertz CT molecular complexity index is 385. The molecule has 1 aromatic rings. The van der Waals surface area contributed by atoms with Crippen molar-refractivity contribution in [3.63, 3.8) is 0 Å². The van der Waals surface area contributed by atoms with Crippen molar-refractivity contribution in [2.24, 2.45) is 4.99 Å². The molecule has 0 radical (unpaired) electrons. The van der Waals surface area contributed by atoms with Crippen LogP contribution in [0.2, 0.25) is 0 Å². The van der Waals surface area contributed by atoms with Crippen LogP contribution in [-0.2, 0) is 12.8 Å². The molecule has 0 saturated heterocycles. The molecule has 2 rings (SSSR count). The summed E-state index contributed by atoms with van der Waals surface area (Å²) in [5, 5.41) is 8.85. The molecule has 0 spiro atoms. The molecule has 0 amide bonds. The lowest BCUT2D eigenvalue weighted by molar-refractivity contribution is 0.231. The normalized spacial score (nSPS) is 20.4. The van der Waals surface area contributed by atoms with Crippen molar-refractivity contribution in [2.45, 2.75) is 38.6 Å². The molecular weight excluding hydrogens is 204 g/mol. The molecule has 86 valence electrons. The number of fused-ring (bicyclic) bond motifs is 1. The molecule has 1 aromatic heterocycles. The maximum Gasteiger partial charge on any atom is 0.120 e. The zero-order chi connectivity index (χ0) is 11.4. The first-order valence-electron chi connectivity index (χ1n) is 5.58. The van der Waals surface area contributed by atoms with Gasteiger partial charge in [0.1, 0.15) is 12.2 Å². The summed E-state index contributed by atoms with van der Waals surface area (Å²) in [6.07, 6.45) is 6.95. The summed E-state index contributed by atoms with van der Waals surface area (Å²) in [5.41, 5.74) is 4.45. The number of hydrogen-bond donors (Lipinski definition) is 2. The molecule has 0 bridgehead atoms. The standard InChI is InChI=1S/C11H16N4O/c1-2-11(15-16)14-9-3-4-10-8(5-9)6-12-7-13-10/h6-7,9,16H,2-5H2,1H3,(H,14,15). The van der Waals surface area contributed by atoms with Gasteiger partial charge in [0.2, 0.25) is 0 Å². The van der Waals surface area contributed by atoms with Crippen LogP contribution >= 0.6 is 0 Å². The lowest BCUT2D eigenvalue weighted by atomic mass is 9.93. The molecule has 16 heavy (non-hydrogen) atoms. The highest BCUT2D eigenvalue weighted by molar-refractivity contribution is 5.80. The van der Waals surface area contributed by atoms with Crippen LogP contribution in [0.1, 0.15) is 31.0 Å². The van der Waals surface area contributed by atoms with Gasteiger partial charge in [0, 0.05) is 18.3 Å². The van der Waals surface area contributed by atoms with Gasteiger partial charge in [-0.25, -0.2) is 9.97 Å². The molecule has 5 nitrogen and oxygen atoms in total. The van der Waals surface area contributed by atoms with Crippen LogP contribution in [0.25, 0.3) is 0 Å². The predicted octanol–water partition coefficient (Wildman–Crippen LogP) is 1.12. The van der Waals surface area contributed by atoms with E-state index in [1.807, 2.05) is 13.1 Å². The highest BCUT2D eigenvalue weighted by Gasteiger charge is 2.19. The molecule has 0 fully saturated rings. The van der Waals surface area contributed by atoms with Crippen LogP contribution in [0.4, 0.5) is 0 Å². The fourth-order valence-corrected chi connectivity index (χ4v) is 1.97. The largest absolute Gasteiger partial charge is 0.290 e. The molecular formula is C11H16N4O. The highest BCUT2D eigenvalue weighted by Crippen LogP contribution is 2.20. The van der Waals surface area contributed by atoms with Crippen LogP contribution in [0, 0.1) is 0 Å². The fourth-order valence-electron chi connectivity index (χ4n) is 1.97. The lowest BCUT2D eigenvalue weighted by Crippen LogP contribution is -2.25. The van der Waals surface area contributed by atoms with Crippen molar-refractivity contribution >= 4 is 5.84 Å². The van der Waals surface area contributed by atoms with E-state index in [0.29, 0.717) is 12.3 Å². The smallest absolute Gasteiger partial charge is 0.120 e. The number of hydrogen-bond acceptors (Lipinski definition) is 4. The van der Waals surface area contributed by atoms with Gasteiger partial charge in [-0.1, -0.05) is 6.92 Å². The first-order valence-corrected chi connectivity index (χ1v) is 5.58. The zero-order valence-corrected chi connectivity index (χ0v) is 9.35. The van der Waals surface area contributed by atoms with Crippen molar-refractivity contribution in [3.8, 4) is 0 Å². The van der Waals surface area contributed by atoms with Gasteiger partial charge in [-0.05, 0) is 24.8 Å². The summed E-state index contributed by atoms with van der Waals surface area (Å²) < 4.78 is 0. The number of amidine groups is 1. The topological polar surface area (TPSA) is 70.4 Å². The van der Waals surface area contributed by atoms with Crippen LogP contribution in [-0.4, -0.2) is 27.1 Å². The minimum atomic E-state index is 0.230. The molecule has 0 aliphatic heterocycles. The highest BCUT2D eigenvalue weighted by atomic mass is 16.5. The summed E-state index contributed by atoms with van der Waals surface area (Å²) >= 11 is 0. The van der Waals surface area contributed by atoms with Crippen LogP contribution in [0.5, 0.6) is 0 Å². The Hall–Kier alpha value is -1.49. The van der Waals surface area contributed by atoms with Gasteiger partial charge >= 0.3 is 0 Å². The van der Waals surface area contributed by atoms with Gasteiger partial charge in [-0.3, -0.25) is 15.7 Å². The third kappa shape index (κ3) is 2.36. The third-order valence-corrected chi connectivity index (χ3v) is 2.85. The monoisotopic (exact) mass is 220 g/mol. The molecule has 1 aliphatic carbocycles. The first kappa shape index (κ1) is 11.0. The second kappa shape index (κ2) is 5.03. The molecule has 1 heterocycles. The van der Waals surface area contributed by atoms with Gasteiger partial charge < -0.3 is 0 Å². The summed E-state index contributed by atoms with van der Waals surface area (Å²) in [6.45, 7) is 1.96. The average molecular weight is 220 g/mol. The second-order valence-corrected chi connectivity index (χ2v) is 3.93. The summed E-state index contributed by atoms with van der Waals surface area (Å²) in [6, 6.07) is 0.230. The van der Waals surface area contributed by atoms with Gasteiger partial charge in [-0.2, -0.15) is 0 Å². The van der Waals surface area contributed by atoms with E-state index >= 15 is 0 Å². The van der Waals surface area contributed by atoms with E-state index in [4.69, 9.17) is 5.21 Å². The Morgan fingerprint density at radius 2 is 2.56 bits per heavy atom. The molecule has 0 aromatic carbocycles. The molecule has 2 N–H and O–H groups in total. The number of aliphatic imine (C=N–C) groups is 1. The van der Waals surface area contributed by atoms with E-state index in [2.05, 4.69) is 20.4 Å². The summed E-state index contributed by atoms with van der Waals surface area (Å²) in [4.78, 5) is 12.7. The zero-order valence-electron chi connectivity index (χ0n) is 9.35. The molecule has 1 atom stereocenters. The van der Waals surface area contributed by atoms with Gasteiger partial charge in [-0.15, -0.1) is 0 Å². The van der Waals surface area contributed by atoms with E-state index in [1.54, 1.807) is 6.33 Å². The molecule has 1 aliphatic rings. The first-order chi connectivity index (χ1) is 7.83. The fraction of sp³-hybridized carbons (Fsp3) is 0.545. The van der Waals surface area contributed by atoms with E-state index in [-0.39, 0.29) is 6.04 Å². The predicted molar refractivity (Wildman–Crippen MR) is 60.5 cm³/mol. The van der Waals surface area contributed by atoms with Gasteiger partial charge in [0.15, 0.2) is 0 Å². The SMILES string of the molecule is CCC(=NC1CCc2ncncc2C1)NO. The molecule has 1 unspecified atom stereocenters. The van der Waals surface area contributed by atoms with Gasteiger partial charge in [0.25, 0.3) is 0 Å². The minimum Gasteiger partial charge on any atom is -0.290 e.